The molecule has 1 amide bonds. The van der Waals surface area contributed by atoms with Crippen LogP contribution in [0, 0.1) is 0 Å². The van der Waals surface area contributed by atoms with E-state index < -0.39 is 0 Å². The first-order chi connectivity index (χ1) is 6.27. The van der Waals surface area contributed by atoms with Crippen LogP contribution in [0.4, 0.5) is 5.69 Å². The van der Waals surface area contributed by atoms with Crippen LogP contribution in [-0.2, 0) is 4.79 Å². The van der Waals surface area contributed by atoms with Crippen LogP contribution in [0.1, 0.15) is 18.5 Å². The first-order valence-corrected chi connectivity index (χ1v) is 4.05. The van der Waals surface area contributed by atoms with Gasteiger partial charge in [0.2, 0.25) is 6.41 Å². The van der Waals surface area contributed by atoms with Crippen LogP contribution in [-0.4, -0.2) is 23.1 Å². The molecule has 1 aromatic heterocycles. The summed E-state index contributed by atoms with van der Waals surface area (Å²) in [6.45, 7) is 1.92. The van der Waals surface area contributed by atoms with Crippen molar-refractivity contribution in [3.05, 3.63) is 24.0 Å². The average molecular weight is 180 g/mol. The number of rotatable bonds is 4. The Balaban J connectivity index is 2.84. The molecule has 0 saturated carbocycles. The summed E-state index contributed by atoms with van der Waals surface area (Å²) in [7, 11) is 0. The fraction of sp³-hybridized carbons (Fsp3) is 0.333. The fourth-order valence-corrected chi connectivity index (χ4v) is 0.969. The molecule has 1 aromatic rings. The molecule has 2 N–H and O–H groups in total. The van der Waals surface area contributed by atoms with Crippen molar-refractivity contribution in [1.82, 2.24) is 4.98 Å². The second kappa shape index (κ2) is 4.57. The molecule has 1 rings (SSSR count). The van der Waals surface area contributed by atoms with E-state index in [-0.39, 0.29) is 12.5 Å². The summed E-state index contributed by atoms with van der Waals surface area (Å²) in [5.41, 5.74) is 1.47. The zero-order chi connectivity index (χ0) is 9.68. The summed E-state index contributed by atoms with van der Waals surface area (Å²) in [5, 5.41) is 11.4. The van der Waals surface area contributed by atoms with E-state index in [1.54, 1.807) is 18.3 Å². The number of pyridine rings is 1. The van der Waals surface area contributed by atoms with Crippen LogP contribution in [0.25, 0.3) is 0 Å². The molecule has 0 fully saturated rings. The van der Waals surface area contributed by atoms with Crippen molar-refractivity contribution in [3.63, 3.8) is 0 Å². The van der Waals surface area contributed by atoms with Gasteiger partial charge >= 0.3 is 0 Å². The Morgan fingerprint density at radius 2 is 2.54 bits per heavy atom. The van der Waals surface area contributed by atoms with Gasteiger partial charge in [-0.1, -0.05) is 6.92 Å². The van der Waals surface area contributed by atoms with Crippen molar-refractivity contribution >= 4 is 12.1 Å². The number of aliphatic hydroxyl groups is 1. The van der Waals surface area contributed by atoms with Gasteiger partial charge in [-0.3, -0.25) is 9.78 Å². The first kappa shape index (κ1) is 9.67. The molecule has 0 saturated heterocycles. The van der Waals surface area contributed by atoms with E-state index in [9.17, 15) is 4.79 Å². The molecular weight excluding hydrogens is 168 g/mol. The number of nitrogens with one attached hydrogen (secondary N) is 1. The van der Waals surface area contributed by atoms with Crippen molar-refractivity contribution < 1.29 is 9.90 Å². The number of carbonyl (C=O) groups is 1. The van der Waals surface area contributed by atoms with Crippen LogP contribution in [0.5, 0.6) is 0 Å². The van der Waals surface area contributed by atoms with Gasteiger partial charge in [-0.2, -0.15) is 0 Å². The van der Waals surface area contributed by atoms with Gasteiger partial charge in [0.1, 0.15) is 0 Å². The molecule has 4 nitrogen and oxygen atoms in total. The smallest absolute Gasteiger partial charge is 0.211 e. The highest BCUT2D eigenvalue weighted by atomic mass is 16.3. The lowest BCUT2D eigenvalue weighted by atomic mass is 10.1. The van der Waals surface area contributed by atoms with Crippen molar-refractivity contribution in [3.8, 4) is 0 Å². The van der Waals surface area contributed by atoms with E-state index in [1.807, 2.05) is 6.92 Å². The van der Waals surface area contributed by atoms with Gasteiger partial charge in [0.05, 0.1) is 6.61 Å². The summed E-state index contributed by atoms with van der Waals surface area (Å²) >= 11 is 0. The Morgan fingerprint density at radius 3 is 3.15 bits per heavy atom. The largest absolute Gasteiger partial charge is 0.396 e. The van der Waals surface area contributed by atoms with Gasteiger partial charge in [0.25, 0.3) is 0 Å². The molecule has 0 bridgehead atoms. The van der Waals surface area contributed by atoms with Crippen molar-refractivity contribution in [2.24, 2.45) is 0 Å². The lowest BCUT2D eigenvalue weighted by Crippen LogP contribution is -2.03. The zero-order valence-electron chi connectivity index (χ0n) is 7.40. The van der Waals surface area contributed by atoms with E-state index in [1.165, 1.54) is 0 Å². The van der Waals surface area contributed by atoms with E-state index in [2.05, 4.69) is 10.3 Å². The van der Waals surface area contributed by atoms with Crippen molar-refractivity contribution in [1.29, 1.82) is 0 Å². The molecular formula is C9H12N2O2. The van der Waals surface area contributed by atoms with Gasteiger partial charge in [-0.15, -0.1) is 0 Å². The molecule has 1 atom stereocenters. The number of carbonyl (C=O) groups excluding carboxylic acids is 1. The Hall–Kier alpha value is -1.42. The molecule has 0 aliphatic heterocycles. The van der Waals surface area contributed by atoms with Crippen LogP contribution >= 0.6 is 0 Å². The maximum absolute atomic E-state index is 10.1. The number of anilines is 1. The minimum atomic E-state index is -0.00611. The monoisotopic (exact) mass is 180 g/mol. The zero-order valence-corrected chi connectivity index (χ0v) is 7.40. The molecule has 13 heavy (non-hydrogen) atoms. The standard InChI is InChI=1S/C9H12N2O2/c1-7(5-12)9-4-8(11-6-13)2-3-10-9/h2-4,6-7,12H,5H2,1H3,(H,10,11,13). The van der Waals surface area contributed by atoms with Crippen LogP contribution < -0.4 is 5.32 Å². The highest BCUT2D eigenvalue weighted by molar-refractivity contribution is 5.70. The molecule has 1 heterocycles. The predicted octanol–water partition coefficient (Wildman–Crippen LogP) is 0.746. The maximum Gasteiger partial charge on any atom is 0.211 e. The number of hydrogen-bond donors (Lipinski definition) is 2. The summed E-state index contributed by atoms with van der Waals surface area (Å²) in [6.07, 6.45) is 2.22. The number of amides is 1. The third kappa shape index (κ3) is 2.52. The molecule has 0 aliphatic carbocycles. The summed E-state index contributed by atoms with van der Waals surface area (Å²) in [4.78, 5) is 14.2. The number of nitrogens with zero attached hydrogens (tertiary/aromatic N) is 1. The lowest BCUT2D eigenvalue weighted by molar-refractivity contribution is -0.105. The number of hydrogen-bond acceptors (Lipinski definition) is 3. The summed E-state index contributed by atoms with van der Waals surface area (Å²) in [5.74, 6) is -0.00611. The van der Waals surface area contributed by atoms with Gasteiger partial charge < -0.3 is 10.4 Å². The molecule has 0 radical (unpaired) electrons. The minimum Gasteiger partial charge on any atom is -0.396 e. The first-order valence-electron chi connectivity index (χ1n) is 4.05. The van der Waals surface area contributed by atoms with Crippen LogP contribution in [0.15, 0.2) is 18.3 Å². The second-order valence-electron chi connectivity index (χ2n) is 2.82. The SMILES string of the molecule is CC(CO)c1cc(NC=O)ccn1. The number of aliphatic hydroxyl groups excluding tert-OH is 1. The highest BCUT2D eigenvalue weighted by Crippen LogP contribution is 2.15. The second-order valence-corrected chi connectivity index (χ2v) is 2.82. The lowest BCUT2D eigenvalue weighted by Gasteiger charge is -2.07. The van der Waals surface area contributed by atoms with Crippen molar-refractivity contribution in [2.45, 2.75) is 12.8 Å². The Bertz CT molecular complexity index is 289. The Labute approximate surface area is 76.6 Å². The minimum absolute atomic E-state index is 0.00611. The van der Waals surface area contributed by atoms with E-state index in [4.69, 9.17) is 5.11 Å². The summed E-state index contributed by atoms with van der Waals surface area (Å²) < 4.78 is 0. The van der Waals surface area contributed by atoms with Gasteiger partial charge in [-0.05, 0) is 12.1 Å². The predicted molar refractivity (Wildman–Crippen MR) is 49.4 cm³/mol. The number of aromatic nitrogens is 1. The molecule has 70 valence electrons. The molecule has 1 unspecified atom stereocenters. The van der Waals surface area contributed by atoms with E-state index in [0.29, 0.717) is 12.1 Å². The summed E-state index contributed by atoms with van der Waals surface area (Å²) in [6, 6.07) is 3.44. The average Bonchev–Trinajstić information content (AvgIpc) is 2.18. The third-order valence-corrected chi connectivity index (χ3v) is 1.79. The Kier molecular flexibility index (Phi) is 3.40. The van der Waals surface area contributed by atoms with Gasteiger partial charge in [-0.25, -0.2) is 0 Å². The van der Waals surface area contributed by atoms with E-state index in [0.717, 1.165) is 5.69 Å². The Morgan fingerprint density at radius 1 is 1.77 bits per heavy atom. The topological polar surface area (TPSA) is 62.2 Å². The highest BCUT2D eigenvalue weighted by Gasteiger charge is 2.05. The van der Waals surface area contributed by atoms with E-state index >= 15 is 0 Å². The fourth-order valence-electron chi connectivity index (χ4n) is 0.969. The van der Waals surface area contributed by atoms with Gasteiger partial charge in [0.15, 0.2) is 0 Å². The molecule has 0 aromatic carbocycles. The molecule has 0 spiro atoms. The molecule has 4 heteroatoms. The third-order valence-electron chi connectivity index (χ3n) is 1.79. The quantitative estimate of drug-likeness (QED) is 0.672. The molecule has 0 aliphatic rings. The maximum atomic E-state index is 10.1. The van der Waals surface area contributed by atoms with Crippen LogP contribution in [0.3, 0.4) is 0 Å². The normalized spacial score (nSPS) is 12.2. The van der Waals surface area contributed by atoms with Gasteiger partial charge in [0, 0.05) is 23.5 Å². The van der Waals surface area contributed by atoms with Crippen LogP contribution in [0.2, 0.25) is 0 Å². The van der Waals surface area contributed by atoms with Crippen molar-refractivity contribution in [2.75, 3.05) is 11.9 Å².